The Morgan fingerprint density at radius 3 is 2.97 bits per heavy atom. The van der Waals surface area contributed by atoms with Crippen molar-refractivity contribution in [1.29, 1.82) is 0 Å². The maximum Gasteiger partial charge on any atom is 0.302 e. The van der Waals surface area contributed by atoms with Crippen LogP contribution in [-0.4, -0.2) is 41.5 Å². The summed E-state index contributed by atoms with van der Waals surface area (Å²) in [6.45, 7) is 3.05. The minimum Gasteiger partial charge on any atom is -0.492 e. The number of aliphatic imine (C=N–C) groups is 1. The Morgan fingerprint density at radius 2 is 2.13 bits per heavy atom. The van der Waals surface area contributed by atoms with Crippen molar-refractivity contribution in [1.82, 2.24) is 9.55 Å². The topological polar surface area (TPSA) is 104 Å². The Morgan fingerprint density at radius 1 is 1.23 bits per heavy atom. The molecule has 4 aromatic rings. The largest absolute Gasteiger partial charge is 0.492 e. The number of rotatable bonds is 6. The van der Waals surface area contributed by atoms with Crippen LogP contribution in [0, 0.1) is 16.6 Å². The maximum absolute atomic E-state index is 14.2. The first-order valence-corrected chi connectivity index (χ1v) is 12.8. The van der Waals surface area contributed by atoms with Crippen LogP contribution in [-0.2, 0) is 10.2 Å². The molecule has 3 unspecified atom stereocenters. The van der Waals surface area contributed by atoms with Crippen molar-refractivity contribution in [2.45, 2.75) is 24.7 Å². The number of amides is 1. The first kappa shape index (κ1) is 23.5. The second kappa shape index (κ2) is 8.72. The smallest absolute Gasteiger partial charge is 0.302 e. The van der Waals surface area contributed by atoms with E-state index < -0.39 is 17.2 Å². The monoisotopic (exact) mass is 526 g/mol. The Kier molecular flexibility index (Phi) is 5.26. The Balaban J connectivity index is 1.19. The second-order valence-electron chi connectivity index (χ2n) is 10.00. The molecule has 0 bridgehead atoms. The molecule has 1 fully saturated rings. The van der Waals surface area contributed by atoms with Crippen LogP contribution >= 0.6 is 0 Å². The third-order valence-corrected chi connectivity index (χ3v) is 7.79. The summed E-state index contributed by atoms with van der Waals surface area (Å²) in [5.74, 6) is -0.135. The zero-order valence-electron chi connectivity index (χ0n) is 21.0. The molecule has 39 heavy (non-hydrogen) atoms. The summed E-state index contributed by atoms with van der Waals surface area (Å²) in [6.07, 6.45) is 2.42. The molecular formula is C29H23FN4O5. The second-order valence-corrected chi connectivity index (χ2v) is 10.00. The molecule has 1 amide bonds. The van der Waals surface area contributed by atoms with Gasteiger partial charge in [0.05, 0.1) is 47.5 Å². The van der Waals surface area contributed by atoms with Crippen molar-refractivity contribution in [2.24, 2.45) is 16.1 Å². The van der Waals surface area contributed by atoms with E-state index in [1.165, 1.54) is 12.1 Å². The molecule has 9 nitrogen and oxygen atoms in total. The molecule has 1 aromatic heterocycles. The number of hydrogen-bond acceptors (Lipinski definition) is 7. The lowest BCUT2D eigenvalue weighted by Crippen LogP contribution is -2.15. The van der Waals surface area contributed by atoms with Crippen LogP contribution in [0.4, 0.5) is 10.1 Å². The zero-order valence-corrected chi connectivity index (χ0v) is 21.0. The fourth-order valence-electron chi connectivity index (χ4n) is 5.77. The molecule has 0 N–H and O–H groups in total. The lowest BCUT2D eigenvalue weighted by Gasteiger charge is -2.13. The van der Waals surface area contributed by atoms with Crippen LogP contribution in [0.1, 0.15) is 30.4 Å². The number of ether oxygens (including phenoxy) is 3. The highest BCUT2D eigenvalue weighted by Gasteiger charge is 2.63. The third-order valence-electron chi connectivity index (χ3n) is 7.79. The number of hydrogen-bond donors (Lipinski definition) is 0. The number of aromatic nitrogens is 2. The van der Waals surface area contributed by atoms with Crippen molar-refractivity contribution in [3.05, 3.63) is 76.4 Å². The van der Waals surface area contributed by atoms with Gasteiger partial charge >= 0.3 is 6.01 Å². The van der Waals surface area contributed by atoms with Gasteiger partial charge in [0.2, 0.25) is 0 Å². The van der Waals surface area contributed by atoms with E-state index in [-0.39, 0.29) is 11.7 Å². The molecule has 1 spiro atoms. The fraction of sp³-hybridized carbons (Fsp3) is 0.276. The minimum absolute atomic E-state index is 0.105. The van der Waals surface area contributed by atoms with Crippen LogP contribution in [0.2, 0.25) is 0 Å². The highest BCUT2D eigenvalue weighted by Crippen LogP contribution is 2.61. The van der Waals surface area contributed by atoms with Gasteiger partial charge in [0.15, 0.2) is 0 Å². The van der Waals surface area contributed by atoms with E-state index in [1.807, 2.05) is 49.5 Å². The Bertz CT molecular complexity index is 1700. The molecule has 3 aromatic carbocycles. The van der Waals surface area contributed by atoms with Crippen LogP contribution in [0.5, 0.6) is 17.5 Å². The molecule has 2 aliphatic heterocycles. The number of nitrogens with zero attached hydrogens (tertiary/aromatic N) is 4. The van der Waals surface area contributed by atoms with Gasteiger partial charge in [-0.15, -0.1) is 4.91 Å². The van der Waals surface area contributed by atoms with E-state index in [4.69, 9.17) is 19.2 Å². The van der Waals surface area contributed by atoms with Crippen LogP contribution < -0.4 is 14.2 Å². The number of halogens is 1. The van der Waals surface area contributed by atoms with Crippen molar-refractivity contribution in [3.8, 4) is 23.2 Å². The van der Waals surface area contributed by atoms with E-state index >= 15 is 0 Å². The normalized spacial score (nSPS) is 22.5. The number of nitroso groups, excluding NO2 is 1. The first-order valence-electron chi connectivity index (χ1n) is 12.8. The van der Waals surface area contributed by atoms with Crippen LogP contribution in [0.15, 0.2) is 64.8 Å². The number of carbonyl (C=O) groups is 1. The molecule has 3 atom stereocenters. The van der Waals surface area contributed by atoms with E-state index in [1.54, 1.807) is 10.6 Å². The van der Waals surface area contributed by atoms with Gasteiger partial charge in [-0.25, -0.2) is 4.39 Å². The number of para-hydroxylation sites is 1. The van der Waals surface area contributed by atoms with Gasteiger partial charge < -0.3 is 14.2 Å². The molecule has 7 rings (SSSR count). The highest BCUT2D eigenvalue weighted by molar-refractivity contribution is 5.86. The number of imidazole rings is 1. The first-order chi connectivity index (χ1) is 19.0. The van der Waals surface area contributed by atoms with Gasteiger partial charge in [-0.1, -0.05) is 18.2 Å². The maximum atomic E-state index is 14.2. The molecule has 196 valence electrons. The summed E-state index contributed by atoms with van der Waals surface area (Å²) < 4.78 is 33.7. The fourth-order valence-corrected chi connectivity index (χ4v) is 5.77. The summed E-state index contributed by atoms with van der Waals surface area (Å²) in [5, 5.41) is 2.60. The molecule has 0 radical (unpaired) electrons. The van der Waals surface area contributed by atoms with E-state index in [9.17, 15) is 14.1 Å². The van der Waals surface area contributed by atoms with Gasteiger partial charge in [-0.05, 0) is 37.6 Å². The zero-order chi connectivity index (χ0) is 26.7. The molecule has 3 aliphatic rings. The molecule has 1 aliphatic carbocycles. The van der Waals surface area contributed by atoms with Crippen LogP contribution in [0.25, 0.3) is 16.7 Å². The van der Waals surface area contributed by atoms with Gasteiger partial charge in [0.25, 0.3) is 5.91 Å². The predicted molar refractivity (Wildman–Crippen MR) is 141 cm³/mol. The molecular weight excluding hydrogens is 503 g/mol. The summed E-state index contributed by atoms with van der Waals surface area (Å²) in [5.41, 5.74) is 4.09. The SMILES string of the molecule is CCOc1nc2ccc(F)cc2n1-c1cccc2c1OCC2C=Nc1ccc2c(c1)OCC21CC1C(=O)N=O. The Labute approximate surface area is 222 Å². The van der Waals surface area contributed by atoms with Crippen LogP contribution in [0.3, 0.4) is 0 Å². The summed E-state index contributed by atoms with van der Waals surface area (Å²) in [7, 11) is 0. The van der Waals surface area contributed by atoms with Crippen molar-refractivity contribution in [2.75, 3.05) is 19.8 Å². The summed E-state index contributed by atoms with van der Waals surface area (Å²) in [6, 6.07) is 16.3. The van der Waals surface area contributed by atoms with Crippen molar-refractivity contribution >= 4 is 28.8 Å². The van der Waals surface area contributed by atoms with Crippen molar-refractivity contribution in [3.63, 3.8) is 0 Å². The number of benzene rings is 3. The summed E-state index contributed by atoms with van der Waals surface area (Å²) >= 11 is 0. The van der Waals surface area contributed by atoms with Gasteiger partial charge in [-0.3, -0.25) is 14.4 Å². The lowest BCUT2D eigenvalue weighted by atomic mass is 9.95. The van der Waals surface area contributed by atoms with E-state index in [0.717, 1.165) is 16.8 Å². The standard InChI is InChI=1S/C29H23FN4O5/c1-2-37-28-32-22-9-6-17(30)10-24(22)34(28)23-5-3-4-19-16(14-38-26(19)23)13-31-18-7-8-20-25(11-18)39-15-29(20)12-21(29)27(35)33-36/h3-11,13,16,21H,2,12,14-15H2,1H3. The van der Waals surface area contributed by atoms with Gasteiger partial charge in [-0.2, -0.15) is 4.98 Å². The quantitative estimate of drug-likeness (QED) is 0.247. The van der Waals surface area contributed by atoms with Gasteiger partial charge in [0, 0.05) is 40.1 Å². The third kappa shape index (κ3) is 3.62. The Hall–Kier alpha value is -4.60. The van der Waals surface area contributed by atoms with E-state index in [0.29, 0.717) is 60.5 Å². The number of carbonyl (C=O) groups excluding carboxylic acids is 1. The molecule has 3 heterocycles. The average molecular weight is 527 g/mol. The summed E-state index contributed by atoms with van der Waals surface area (Å²) in [4.78, 5) is 31.7. The predicted octanol–water partition coefficient (Wildman–Crippen LogP) is 5.38. The van der Waals surface area contributed by atoms with E-state index in [2.05, 4.69) is 10.2 Å². The highest BCUT2D eigenvalue weighted by atomic mass is 19.1. The van der Waals surface area contributed by atoms with Gasteiger partial charge in [0.1, 0.15) is 23.9 Å². The number of fused-ring (bicyclic) bond motifs is 4. The molecule has 0 saturated heterocycles. The van der Waals surface area contributed by atoms with Crippen molar-refractivity contribution < 1.29 is 23.4 Å². The average Bonchev–Trinajstić information content (AvgIpc) is 3.19. The lowest BCUT2D eigenvalue weighted by molar-refractivity contribution is -0.119. The molecule has 10 heteroatoms. The minimum atomic E-state index is -0.616. The molecule has 1 saturated carbocycles.